The predicted molar refractivity (Wildman–Crippen MR) is 207 cm³/mol. The summed E-state index contributed by atoms with van der Waals surface area (Å²) in [6.45, 7) is 0. The van der Waals surface area contributed by atoms with Gasteiger partial charge in [-0.2, -0.15) is 37.9 Å². The molecule has 0 fully saturated rings. The van der Waals surface area contributed by atoms with Gasteiger partial charge < -0.3 is 0 Å². The first kappa shape index (κ1) is 31.6. The highest BCUT2D eigenvalue weighted by atomic mass is 35.8. The van der Waals surface area contributed by atoms with E-state index in [0.29, 0.717) is 37.5 Å². The molecule has 0 aromatic heterocycles. The van der Waals surface area contributed by atoms with Crippen molar-refractivity contribution in [1.29, 1.82) is 0 Å². The summed E-state index contributed by atoms with van der Waals surface area (Å²) in [4.78, 5) is 0. The monoisotopic (exact) mass is 836 g/mol. The molecule has 214 valence electrons. The lowest BCUT2D eigenvalue weighted by Crippen LogP contribution is -2.53. The molecule has 0 saturated carbocycles. The molecule has 0 N–H and O–H groups in total. The summed E-state index contributed by atoms with van der Waals surface area (Å²) in [6.07, 6.45) is 2.09. The van der Waals surface area contributed by atoms with Crippen molar-refractivity contribution in [3.8, 4) is 0 Å². The van der Waals surface area contributed by atoms with E-state index in [-0.39, 0.29) is 26.2 Å². The van der Waals surface area contributed by atoms with E-state index in [2.05, 4.69) is 44.0 Å². The van der Waals surface area contributed by atoms with Gasteiger partial charge in [0.15, 0.2) is 0 Å². The molecular formula is C27H10Cl10S3Si2. The summed E-state index contributed by atoms with van der Waals surface area (Å²) in [7, 11) is 0. The smallest absolute Gasteiger partial charge is 0.151 e. The zero-order valence-corrected chi connectivity index (χ0v) is 32.4. The number of thiol groups is 3. The lowest BCUT2D eigenvalue weighted by molar-refractivity contribution is 1.01. The molecule has 0 amide bonds. The van der Waals surface area contributed by atoms with Crippen LogP contribution in [0.1, 0.15) is 17.0 Å². The van der Waals surface area contributed by atoms with Crippen molar-refractivity contribution in [2.24, 2.45) is 0 Å². The number of halogens is 10. The van der Waals surface area contributed by atoms with Crippen molar-refractivity contribution >= 4 is 228 Å². The third kappa shape index (κ3) is 4.00. The van der Waals surface area contributed by atoms with Crippen molar-refractivity contribution in [3.05, 3.63) is 75.9 Å². The van der Waals surface area contributed by atoms with Crippen molar-refractivity contribution in [2.75, 3.05) is 0 Å². The quantitative estimate of drug-likeness (QED) is 0.0509. The van der Waals surface area contributed by atoms with E-state index < -0.39 is 12.0 Å². The maximum atomic E-state index is 7.14. The van der Waals surface area contributed by atoms with Crippen molar-refractivity contribution < 1.29 is 0 Å². The van der Waals surface area contributed by atoms with Gasteiger partial charge in [-0.25, -0.2) is 0 Å². The van der Waals surface area contributed by atoms with Gasteiger partial charge in [0, 0.05) is 27.5 Å². The summed E-state index contributed by atoms with van der Waals surface area (Å²) in [5.74, 6) is -0.306. The second kappa shape index (κ2) is 10.5. The molecule has 0 saturated heterocycles. The predicted octanol–water partition coefficient (Wildman–Crippen LogP) is 11.6. The lowest BCUT2D eigenvalue weighted by Gasteiger charge is -2.39. The largest absolute Gasteiger partial charge is 0.373 e. The fourth-order valence-electron chi connectivity index (χ4n) is 6.81. The van der Waals surface area contributed by atoms with Crippen LogP contribution in [0.5, 0.6) is 0 Å². The highest BCUT2D eigenvalue weighted by Crippen LogP contribution is 2.59. The van der Waals surface area contributed by atoms with Crippen LogP contribution >= 0.6 is 151 Å². The molecule has 7 rings (SSSR count). The molecule has 1 unspecified atom stereocenters. The molecule has 42 heavy (non-hydrogen) atoms. The van der Waals surface area contributed by atoms with Crippen LogP contribution in [0, 0.1) is 0 Å². The maximum absolute atomic E-state index is 7.14. The Morgan fingerprint density at radius 3 is 1.76 bits per heavy atom. The Morgan fingerprint density at radius 2 is 1.19 bits per heavy atom. The minimum atomic E-state index is -3.88. The molecular weight excluding hydrogens is 831 g/mol. The Labute approximate surface area is 306 Å². The second-order valence-electron chi connectivity index (χ2n) is 9.95. The third-order valence-electron chi connectivity index (χ3n) is 8.13. The molecule has 0 spiro atoms. The van der Waals surface area contributed by atoms with Gasteiger partial charge in [-0.15, -0.1) is 66.5 Å². The topological polar surface area (TPSA) is 0 Å². The number of allylic oxidation sites excluding steroid dienone is 3. The zero-order valence-electron chi connectivity index (χ0n) is 20.2. The minimum Gasteiger partial charge on any atom is -0.151 e. The summed E-state index contributed by atoms with van der Waals surface area (Å²) in [5, 5.41) is 13.4. The van der Waals surface area contributed by atoms with Gasteiger partial charge >= 0.3 is 12.0 Å². The Bertz CT molecular complexity index is 2250. The standard InChI is InChI=1S/C27H10Cl10S3Si2/c28-22-9-2-1-7-3-8(4-38)12-10(5-39)11(6-40)15-18-16(12)13(7)14(9)17-19(18)21(25(31)24(30)20(17)23(22)29)27(42(35,36)37)26(15)41(32,33)34/h1-6,12,38-40H. The molecule has 0 bridgehead atoms. The summed E-state index contributed by atoms with van der Waals surface area (Å²) in [6, 6.07) is -3.78. The molecule has 0 heterocycles. The van der Waals surface area contributed by atoms with Gasteiger partial charge in [0.1, 0.15) is 0 Å². The van der Waals surface area contributed by atoms with E-state index >= 15 is 0 Å². The summed E-state index contributed by atoms with van der Waals surface area (Å²) in [5.41, 5.74) is 3.99. The number of hydrogen-bond acceptors (Lipinski definition) is 3. The Morgan fingerprint density at radius 1 is 0.595 bits per heavy atom. The van der Waals surface area contributed by atoms with Gasteiger partial charge in [-0.1, -0.05) is 58.5 Å². The van der Waals surface area contributed by atoms with Gasteiger partial charge in [-0.3, -0.25) is 0 Å². The second-order valence-corrected chi connectivity index (χ2v) is 28.9. The maximum Gasteiger partial charge on any atom is 0.373 e. The van der Waals surface area contributed by atoms with Crippen LogP contribution in [0.15, 0.2) is 39.5 Å². The molecule has 0 radical (unpaired) electrons. The first-order valence-electron chi connectivity index (χ1n) is 11.9. The normalized spacial score (nSPS) is 20.1. The van der Waals surface area contributed by atoms with Crippen molar-refractivity contribution in [3.63, 3.8) is 0 Å². The van der Waals surface area contributed by atoms with E-state index in [0.717, 1.165) is 48.9 Å². The average Bonchev–Trinajstić information content (AvgIpc) is 2.93. The van der Waals surface area contributed by atoms with E-state index in [1.807, 2.05) is 12.1 Å². The average molecular weight is 841 g/mol. The Hall–Kier alpha value is 1.00. The van der Waals surface area contributed by atoms with Gasteiger partial charge in [0.2, 0.25) is 0 Å². The first-order chi connectivity index (χ1) is 19.7. The molecule has 1 atom stereocenters. The van der Waals surface area contributed by atoms with Gasteiger partial charge in [-0.05, 0) is 87.3 Å². The molecule has 15 heteroatoms. The van der Waals surface area contributed by atoms with Crippen LogP contribution in [-0.2, 0) is 0 Å². The van der Waals surface area contributed by atoms with E-state index in [4.69, 9.17) is 113 Å². The third-order valence-corrected chi connectivity index (χ3v) is 16.5. The highest BCUT2D eigenvalue weighted by Gasteiger charge is 2.49. The molecule has 2 aliphatic rings. The van der Waals surface area contributed by atoms with Crippen LogP contribution < -0.4 is 15.6 Å². The van der Waals surface area contributed by atoms with Gasteiger partial charge in [0.05, 0.1) is 20.1 Å². The minimum absolute atomic E-state index is 0.133. The molecule has 5 aromatic rings. The fourth-order valence-corrected chi connectivity index (χ4v) is 16.7. The number of benzene rings is 5. The molecule has 5 aromatic carbocycles. The number of hydrogen-bond donors (Lipinski definition) is 3. The molecule has 2 aliphatic carbocycles. The highest BCUT2D eigenvalue weighted by molar-refractivity contribution is 7.84. The van der Waals surface area contributed by atoms with Gasteiger partial charge in [0.25, 0.3) is 0 Å². The van der Waals surface area contributed by atoms with Crippen LogP contribution in [0.3, 0.4) is 0 Å². The molecule has 0 nitrogen and oxygen atoms in total. The van der Waals surface area contributed by atoms with Crippen LogP contribution in [-0.4, -0.2) is 12.0 Å². The van der Waals surface area contributed by atoms with E-state index in [1.54, 1.807) is 16.2 Å². The van der Waals surface area contributed by atoms with Crippen molar-refractivity contribution in [2.45, 2.75) is 5.92 Å². The number of rotatable bonds is 2. The van der Waals surface area contributed by atoms with Crippen LogP contribution in [0.25, 0.3) is 54.7 Å². The van der Waals surface area contributed by atoms with E-state index in [9.17, 15) is 0 Å². The van der Waals surface area contributed by atoms with Crippen molar-refractivity contribution in [1.82, 2.24) is 0 Å². The first-order valence-corrected chi connectivity index (χ1v) is 25.0. The van der Waals surface area contributed by atoms with E-state index in [1.165, 1.54) is 0 Å². The Balaban J connectivity index is 2.04. The molecule has 0 aliphatic heterocycles. The zero-order chi connectivity index (χ0) is 30.4. The summed E-state index contributed by atoms with van der Waals surface area (Å²) < 4.78 is 0. The van der Waals surface area contributed by atoms with Crippen LogP contribution in [0.2, 0.25) is 20.1 Å². The SMILES string of the molecule is SC=C1C(=CS)C2C(=CS)C=c3ccc4c(Cl)c(Cl)c5c(Cl)c(Cl)c6c([Si](Cl)(Cl)Cl)c([Si](Cl)(Cl)Cl)c1c1c2c3c4c5c61. The fraction of sp³-hybridized carbons (Fsp3) is 0.0370. The lowest BCUT2D eigenvalue weighted by atomic mass is 9.67. The van der Waals surface area contributed by atoms with Crippen LogP contribution in [0.4, 0.5) is 0 Å². The summed E-state index contributed by atoms with van der Waals surface area (Å²) >= 11 is 83.5. The Kier molecular flexibility index (Phi) is 7.90.